The number of imidazole rings is 1. The van der Waals surface area contributed by atoms with E-state index in [-0.39, 0.29) is 5.91 Å². The van der Waals surface area contributed by atoms with E-state index in [0.717, 1.165) is 62.5 Å². The number of hydrogen-bond donors (Lipinski definition) is 1. The van der Waals surface area contributed by atoms with Gasteiger partial charge >= 0.3 is 0 Å². The second kappa shape index (κ2) is 11.8. The Kier molecular flexibility index (Phi) is 8.36. The first-order chi connectivity index (χ1) is 16.6. The molecule has 1 aliphatic heterocycles. The number of carbonyl (C=O) groups excluding carboxylic acids is 1. The van der Waals surface area contributed by atoms with Crippen molar-refractivity contribution >= 4 is 5.91 Å². The maximum atomic E-state index is 12.9. The fourth-order valence-electron chi connectivity index (χ4n) is 4.48. The third-order valence-corrected chi connectivity index (χ3v) is 6.39. The van der Waals surface area contributed by atoms with Crippen molar-refractivity contribution in [1.82, 2.24) is 19.8 Å². The Bertz CT molecular complexity index is 1090. The van der Waals surface area contributed by atoms with E-state index in [4.69, 9.17) is 4.74 Å². The van der Waals surface area contributed by atoms with E-state index in [1.165, 1.54) is 17.5 Å². The van der Waals surface area contributed by atoms with Crippen LogP contribution in [0.5, 0.6) is 5.75 Å². The van der Waals surface area contributed by atoms with Crippen LogP contribution in [-0.4, -0.2) is 47.1 Å². The van der Waals surface area contributed by atoms with Crippen LogP contribution >= 0.6 is 0 Å². The fourth-order valence-corrected chi connectivity index (χ4v) is 4.48. The lowest BCUT2D eigenvalue weighted by atomic mass is 9.99. The molecule has 0 fully saturated rings. The molecule has 0 atom stereocenters. The standard InChI is InChI=1S/C28H36N4O2/c1-22-29-13-16-32(22)15-7-12-30-28(33)25-10-11-27-26(20-25)19-23-8-6-9-24(18-23)21-31(2)14-4-3-5-17-34-27/h6,8-11,13,16,18,20H,3-5,7,12,14-15,17,19,21H2,1-2H3,(H,30,33). The van der Waals surface area contributed by atoms with Gasteiger partial charge in [-0.25, -0.2) is 4.98 Å². The molecule has 1 amide bonds. The maximum absolute atomic E-state index is 12.9. The summed E-state index contributed by atoms with van der Waals surface area (Å²) in [7, 11) is 2.19. The van der Waals surface area contributed by atoms with E-state index in [0.29, 0.717) is 18.7 Å². The quantitative estimate of drug-likeness (QED) is 0.566. The first kappa shape index (κ1) is 24.0. The number of carbonyl (C=O) groups is 1. The van der Waals surface area contributed by atoms with Gasteiger partial charge in [-0.3, -0.25) is 4.79 Å². The highest BCUT2D eigenvalue weighted by atomic mass is 16.5. The molecule has 0 saturated carbocycles. The van der Waals surface area contributed by atoms with Gasteiger partial charge in [0.05, 0.1) is 6.61 Å². The number of aryl methyl sites for hydroxylation is 2. The molecule has 1 aromatic heterocycles. The highest BCUT2D eigenvalue weighted by Gasteiger charge is 2.13. The van der Waals surface area contributed by atoms with Gasteiger partial charge in [-0.15, -0.1) is 0 Å². The molecule has 0 spiro atoms. The van der Waals surface area contributed by atoms with E-state index < -0.39 is 0 Å². The van der Waals surface area contributed by atoms with Gasteiger partial charge in [-0.05, 0) is 81.1 Å². The molecule has 0 aliphatic carbocycles. The van der Waals surface area contributed by atoms with Gasteiger partial charge in [0.15, 0.2) is 0 Å². The van der Waals surface area contributed by atoms with Crippen LogP contribution < -0.4 is 10.1 Å². The number of aromatic nitrogens is 2. The predicted octanol–water partition coefficient (Wildman–Crippen LogP) is 4.60. The highest BCUT2D eigenvalue weighted by molar-refractivity contribution is 5.94. The zero-order chi connectivity index (χ0) is 23.8. The summed E-state index contributed by atoms with van der Waals surface area (Å²) in [5, 5.41) is 3.06. The lowest BCUT2D eigenvalue weighted by Crippen LogP contribution is -2.25. The minimum Gasteiger partial charge on any atom is -0.493 e. The Morgan fingerprint density at radius 1 is 1.12 bits per heavy atom. The summed E-state index contributed by atoms with van der Waals surface area (Å²) < 4.78 is 8.26. The van der Waals surface area contributed by atoms with Gasteiger partial charge in [0.25, 0.3) is 5.91 Å². The molecular formula is C28H36N4O2. The third kappa shape index (κ3) is 6.70. The number of hydrogen-bond acceptors (Lipinski definition) is 4. The van der Waals surface area contributed by atoms with Crippen molar-refractivity contribution in [3.05, 3.63) is 82.9 Å². The molecule has 0 radical (unpaired) electrons. The van der Waals surface area contributed by atoms with Crippen LogP contribution in [0, 0.1) is 6.92 Å². The van der Waals surface area contributed by atoms with Gasteiger partial charge in [0.2, 0.25) is 0 Å². The Labute approximate surface area is 203 Å². The summed E-state index contributed by atoms with van der Waals surface area (Å²) >= 11 is 0. The van der Waals surface area contributed by atoms with Crippen molar-refractivity contribution in [3.63, 3.8) is 0 Å². The minimum absolute atomic E-state index is 0.0417. The van der Waals surface area contributed by atoms with Crippen molar-refractivity contribution in [2.24, 2.45) is 0 Å². The molecule has 34 heavy (non-hydrogen) atoms. The van der Waals surface area contributed by atoms with Crippen molar-refractivity contribution in [3.8, 4) is 5.75 Å². The third-order valence-electron chi connectivity index (χ3n) is 6.39. The molecule has 1 aliphatic rings. The number of amides is 1. The monoisotopic (exact) mass is 460 g/mol. The van der Waals surface area contributed by atoms with E-state index in [2.05, 4.69) is 51.1 Å². The van der Waals surface area contributed by atoms with Crippen LogP contribution in [0.1, 0.15) is 58.6 Å². The normalized spacial score (nSPS) is 15.1. The molecule has 6 nitrogen and oxygen atoms in total. The van der Waals surface area contributed by atoms with E-state index in [9.17, 15) is 4.79 Å². The average molecular weight is 461 g/mol. The van der Waals surface area contributed by atoms with Crippen molar-refractivity contribution in [2.75, 3.05) is 26.7 Å². The second-order valence-corrected chi connectivity index (χ2v) is 9.24. The number of fused-ring (bicyclic) bond motifs is 3. The maximum Gasteiger partial charge on any atom is 0.251 e. The molecule has 2 aromatic carbocycles. The summed E-state index contributed by atoms with van der Waals surface area (Å²) in [6, 6.07) is 14.6. The molecule has 6 heteroatoms. The lowest BCUT2D eigenvalue weighted by Gasteiger charge is -2.19. The van der Waals surface area contributed by atoms with Gasteiger partial charge < -0.3 is 19.5 Å². The number of benzene rings is 2. The molecule has 3 aromatic rings. The summed E-state index contributed by atoms with van der Waals surface area (Å²) in [6.45, 7) is 6.22. The van der Waals surface area contributed by atoms with Gasteiger partial charge in [0.1, 0.15) is 11.6 Å². The Hall–Kier alpha value is -3.12. The van der Waals surface area contributed by atoms with Crippen molar-refractivity contribution in [2.45, 2.75) is 52.1 Å². The van der Waals surface area contributed by atoms with Crippen molar-refractivity contribution in [1.29, 1.82) is 0 Å². The minimum atomic E-state index is -0.0417. The lowest BCUT2D eigenvalue weighted by molar-refractivity contribution is 0.0952. The number of nitrogens with one attached hydrogen (secondary N) is 1. The number of nitrogens with zero attached hydrogens (tertiary/aromatic N) is 3. The van der Waals surface area contributed by atoms with E-state index in [1.54, 1.807) is 6.20 Å². The molecular weight excluding hydrogens is 424 g/mol. The smallest absolute Gasteiger partial charge is 0.251 e. The fraction of sp³-hybridized carbons (Fsp3) is 0.429. The second-order valence-electron chi connectivity index (χ2n) is 9.24. The first-order valence-corrected chi connectivity index (χ1v) is 12.4. The Morgan fingerprint density at radius 2 is 2.00 bits per heavy atom. The number of ether oxygens (including phenoxy) is 1. The first-order valence-electron chi connectivity index (χ1n) is 12.4. The van der Waals surface area contributed by atoms with Crippen LogP contribution in [0.2, 0.25) is 0 Å². The Balaban J connectivity index is 1.45. The predicted molar refractivity (Wildman–Crippen MR) is 135 cm³/mol. The molecule has 4 rings (SSSR count). The van der Waals surface area contributed by atoms with Crippen LogP contribution in [0.3, 0.4) is 0 Å². The van der Waals surface area contributed by atoms with Crippen molar-refractivity contribution < 1.29 is 9.53 Å². The van der Waals surface area contributed by atoms with Gasteiger partial charge in [-0.1, -0.05) is 24.3 Å². The molecule has 0 unspecified atom stereocenters. The van der Waals surface area contributed by atoms with Gasteiger partial charge in [-0.2, -0.15) is 0 Å². The summed E-state index contributed by atoms with van der Waals surface area (Å²) in [6.07, 6.45) is 8.74. The summed E-state index contributed by atoms with van der Waals surface area (Å²) in [5.41, 5.74) is 4.30. The molecule has 2 bridgehead atoms. The summed E-state index contributed by atoms with van der Waals surface area (Å²) in [5.74, 6) is 1.83. The van der Waals surface area contributed by atoms with Crippen LogP contribution in [-0.2, 0) is 19.5 Å². The molecule has 2 heterocycles. The van der Waals surface area contributed by atoms with E-state index >= 15 is 0 Å². The zero-order valence-electron chi connectivity index (χ0n) is 20.4. The topological polar surface area (TPSA) is 59.4 Å². The SMILES string of the molecule is Cc1nccn1CCCNC(=O)c1ccc2c(c1)Cc1cccc(c1)CN(C)CCCCCO2. The van der Waals surface area contributed by atoms with Crippen LogP contribution in [0.4, 0.5) is 0 Å². The molecule has 0 saturated heterocycles. The Morgan fingerprint density at radius 3 is 2.85 bits per heavy atom. The van der Waals surface area contributed by atoms with Crippen LogP contribution in [0.25, 0.3) is 0 Å². The largest absolute Gasteiger partial charge is 0.493 e. The van der Waals surface area contributed by atoms with Crippen LogP contribution in [0.15, 0.2) is 54.9 Å². The zero-order valence-corrected chi connectivity index (χ0v) is 20.4. The van der Waals surface area contributed by atoms with Gasteiger partial charge in [0, 0.05) is 44.0 Å². The molecule has 1 N–H and O–H groups in total. The number of rotatable bonds is 5. The average Bonchev–Trinajstić information content (AvgIpc) is 3.24. The summed E-state index contributed by atoms with van der Waals surface area (Å²) in [4.78, 5) is 19.5. The highest BCUT2D eigenvalue weighted by Crippen LogP contribution is 2.25. The molecule has 180 valence electrons. The van der Waals surface area contributed by atoms with E-state index in [1.807, 2.05) is 31.3 Å².